The summed E-state index contributed by atoms with van der Waals surface area (Å²) in [6, 6.07) is 0. The Balaban J connectivity index is 0.00000413. The van der Waals surface area contributed by atoms with E-state index in [1.54, 1.807) is 0 Å². The van der Waals surface area contributed by atoms with Crippen molar-refractivity contribution in [3.8, 4) is 0 Å². The fourth-order valence-corrected chi connectivity index (χ4v) is 7.39. The molecule has 316 valence electrons. The van der Waals surface area contributed by atoms with Gasteiger partial charge in [0.05, 0.1) is 12.8 Å². The second-order valence-electron chi connectivity index (χ2n) is 16.1. The lowest BCUT2D eigenvalue weighted by molar-refractivity contribution is -0.131. The van der Waals surface area contributed by atoms with Crippen LogP contribution >= 0.6 is 0 Å². The zero-order valence-corrected chi connectivity index (χ0v) is 36.3. The summed E-state index contributed by atoms with van der Waals surface area (Å²) in [5.74, 6) is 0.395. The molecule has 1 heterocycles. The van der Waals surface area contributed by atoms with Crippen LogP contribution in [0.4, 0.5) is 0 Å². The van der Waals surface area contributed by atoms with Crippen LogP contribution in [0.5, 0.6) is 0 Å². The minimum absolute atomic E-state index is 0.116. The van der Waals surface area contributed by atoms with Crippen molar-refractivity contribution in [2.24, 2.45) is 0 Å². The predicted molar refractivity (Wildman–Crippen MR) is 223 cm³/mol. The lowest BCUT2D eigenvalue weighted by Crippen LogP contribution is -2.61. The maximum Gasteiger partial charge on any atom is 0.397 e. The van der Waals surface area contributed by atoms with Gasteiger partial charge in [-0.25, -0.2) is 0 Å². The van der Waals surface area contributed by atoms with Gasteiger partial charge in [-0.05, 0) is 26.7 Å². The lowest BCUT2D eigenvalue weighted by atomic mass is 10.0. The molecule has 1 unspecified atom stereocenters. The molecular weight excluding hydrogens is 687 g/mol. The Labute approximate surface area is 328 Å². The van der Waals surface area contributed by atoms with E-state index in [1.807, 2.05) is 0 Å². The largest absolute Gasteiger partial charge is 0.397 e. The van der Waals surface area contributed by atoms with Crippen LogP contribution in [-0.4, -0.2) is 61.6 Å². The molecule has 53 heavy (non-hydrogen) atoms. The molecule has 0 radical (unpaired) electrons. The number of rotatable bonds is 36. The van der Waals surface area contributed by atoms with Crippen LogP contribution in [0.15, 0.2) is 0 Å². The van der Waals surface area contributed by atoms with Gasteiger partial charge in [0.15, 0.2) is 5.78 Å². The molecule has 0 saturated carbocycles. The average molecular weight is 774 g/mol. The summed E-state index contributed by atoms with van der Waals surface area (Å²) < 4.78 is 29.7. The van der Waals surface area contributed by atoms with Gasteiger partial charge in [-0.1, -0.05) is 194 Å². The quantitative estimate of drug-likeness (QED) is 0.0424. The van der Waals surface area contributed by atoms with Gasteiger partial charge in [-0.2, -0.15) is 8.42 Å². The highest BCUT2D eigenvalue weighted by Crippen LogP contribution is 2.21. The van der Waals surface area contributed by atoms with Crippen molar-refractivity contribution in [2.45, 2.75) is 245 Å². The second-order valence-corrected chi connectivity index (χ2v) is 17.3. The summed E-state index contributed by atoms with van der Waals surface area (Å²) in [4.78, 5) is 28.1. The van der Waals surface area contributed by atoms with Crippen molar-refractivity contribution in [1.29, 1.82) is 0 Å². The maximum absolute atomic E-state index is 13.1. The van der Waals surface area contributed by atoms with Crippen LogP contribution in [-0.2, 0) is 24.2 Å². The van der Waals surface area contributed by atoms with Crippen LogP contribution in [0.2, 0.25) is 0 Å². The Kier molecular flexibility index (Phi) is 34.6. The van der Waals surface area contributed by atoms with E-state index in [0.717, 1.165) is 45.9 Å². The van der Waals surface area contributed by atoms with Gasteiger partial charge in [0.25, 0.3) is 0 Å². The standard InChI is InChI=1S/C42H83N3O2.CH4O4S/c1-5-7-9-11-13-15-17-19-21-23-25-27-29-31-33-35-39(46)41-43-37-38-45(41)42(3,4)44-40(47)36-34-32-30-28-26-24-22-20-18-16-14-12-10-8-6-2;1-5-6(2,3)4/h41,43H,5-38H2,1-4H3,(H,44,47);1H3,(H,2,3,4). The van der Waals surface area contributed by atoms with Crippen LogP contribution < -0.4 is 10.6 Å². The van der Waals surface area contributed by atoms with Crippen molar-refractivity contribution in [2.75, 3.05) is 20.2 Å². The zero-order chi connectivity index (χ0) is 39.5. The van der Waals surface area contributed by atoms with E-state index < -0.39 is 16.1 Å². The Morgan fingerprint density at radius 3 is 1.25 bits per heavy atom. The van der Waals surface area contributed by atoms with Crippen molar-refractivity contribution < 1.29 is 26.7 Å². The molecular formula is C43H87N3O6S. The first-order chi connectivity index (χ1) is 25.5. The number of unbranched alkanes of at least 4 members (excludes halogenated alkanes) is 28. The summed E-state index contributed by atoms with van der Waals surface area (Å²) >= 11 is 0. The summed E-state index contributed by atoms with van der Waals surface area (Å²) in [5, 5.41) is 6.66. The van der Waals surface area contributed by atoms with Crippen molar-refractivity contribution in [3.05, 3.63) is 0 Å². The third-order valence-electron chi connectivity index (χ3n) is 10.7. The molecule has 1 rings (SSSR count). The predicted octanol–water partition coefficient (Wildman–Crippen LogP) is 11.6. The smallest absolute Gasteiger partial charge is 0.338 e. The van der Waals surface area contributed by atoms with Gasteiger partial charge in [0.2, 0.25) is 5.91 Å². The molecule has 0 spiro atoms. The number of amides is 1. The fourth-order valence-electron chi connectivity index (χ4n) is 7.39. The van der Waals surface area contributed by atoms with E-state index in [0.29, 0.717) is 12.8 Å². The first-order valence-corrected chi connectivity index (χ1v) is 23.7. The summed E-state index contributed by atoms with van der Waals surface area (Å²) in [6.07, 6.45) is 41.0. The number of hydrogen-bond donors (Lipinski definition) is 3. The molecule has 9 nitrogen and oxygen atoms in total. The van der Waals surface area contributed by atoms with Crippen molar-refractivity contribution >= 4 is 22.1 Å². The third kappa shape index (κ3) is 32.8. The Hall–Kier alpha value is -1.07. The van der Waals surface area contributed by atoms with Crippen molar-refractivity contribution in [1.82, 2.24) is 15.5 Å². The van der Waals surface area contributed by atoms with Crippen LogP contribution in [0, 0.1) is 0 Å². The van der Waals surface area contributed by atoms with E-state index in [9.17, 15) is 18.0 Å². The van der Waals surface area contributed by atoms with E-state index >= 15 is 0 Å². The molecule has 1 saturated heterocycles. The molecule has 0 bridgehead atoms. The molecule has 10 heteroatoms. The summed E-state index contributed by atoms with van der Waals surface area (Å²) in [6.45, 7) is 10.3. The number of hydrogen-bond acceptors (Lipinski definition) is 7. The van der Waals surface area contributed by atoms with E-state index in [4.69, 9.17) is 4.55 Å². The highest BCUT2D eigenvalue weighted by Gasteiger charge is 2.39. The molecule has 1 amide bonds. The average Bonchev–Trinajstić information content (AvgIpc) is 3.63. The fraction of sp³-hybridized carbons (Fsp3) is 0.953. The van der Waals surface area contributed by atoms with E-state index in [2.05, 4.69) is 47.4 Å². The van der Waals surface area contributed by atoms with Gasteiger partial charge in [-0.15, -0.1) is 0 Å². The minimum atomic E-state index is -4.16. The molecule has 0 aliphatic carbocycles. The Morgan fingerprint density at radius 2 is 0.925 bits per heavy atom. The molecule has 1 aliphatic rings. The molecule has 0 aromatic heterocycles. The van der Waals surface area contributed by atoms with Gasteiger partial charge in [-0.3, -0.25) is 28.5 Å². The zero-order valence-electron chi connectivity index (χ0n) is 35.5. The van der Waals surface area contributed by atoms with E-state index in [1.165, 1.54) is 167 Å². The number of nitrogens with zero attached hydrogens (tertiary/aromatic N) is 1. The number of carbonyl (C=O) groups is 2. The topological polar surface area (TPSA) is 125 Å². The third-order valence-corrected chi connectivity index (χ3v) is 11.1. The van der Waals surface area contributed by atoms with Crippen LogP contribution in [0.25, 0.3) is 0 Å². The monoisotopic (exact) mass is 774 g/mol. The molecule has 0 aromatic rings. The molecule has 1 aliphatic heterocycles. The highest BCUT2D eigenvalue weighted by molar-refractivity contribution is 7.80. The van der Waals surface area contributed by atoms with Crippen LogP contribution in [0.1, 0.15) is 233 Å². The lowest BCUT2D eigenvalue weighted by Gasteiger charge is -2.39. The first kappa shape index (κ1) is 51.9. The SMILES string of the molecule is CCCCCCCCCCCCCCCCCC(=O)NC(C)(C)N1CCNC1C(=O)CCCCCCCCCCCCCCCCC.COS(=O)(=O)O. The Morgan fingerprint density at radius 1 is 0.623 bits per heavy atom. The molecule has 1 atom stereocenters. The first-order valence-electron chi connectivity index (χ1n) is 22.3. The number of nitrogens with one attached hydrogen (secondary N) is 2. The van der Waals surface area contributed by atoms with Gasteiger partial charge < -0.3 is 5.32 Å². The highest BCUT2D eigenvalue weighted by atomic mass is 32.3. The van der Waals surface area contributed by atoms with Gasteiger partial charge in [0.1, 0.15) is 6.17 Å². The summed E-state index contributed by atoms with van der Waals surface area (Å²) in [5.41, 5.74) is -0.522. The number of Topliss-reactive ketones (excluding diaryl/α,β-unsaturated/α-hetero) is 1. The van der Waals surface area contributed by atoms with Gasteiger partial charge in [0, 0.05) is 25.9 Å². The number of ketones is 1. The maximum atomic E-state index is 13.1. The number of carbonyl (C=O) groups excluding carboxylic acids is 2. The normalized spacial score (nSPS) is 15.0. The Bertz CT molecular complexity index is 962. The van der Waals surface area contributed by atoms with Crippen LogP contribution in [0.3, 0.4) is 0 Å². The molecule has 1 fully saturated rings. The molecule has 3 N–H and O–H groups in total. The molecule has 0 aromatic carbocycles. The minimum Gasteiger partial charge on any atom is -0.338 e. The van der Waals surface area contributed by atoms with E-state index in [-0.39, 0.29) is 17.9 Å². The van der Waals surface area contributed by atoms with Crippen molar-refractivity contribution in [3.63, 3.8) is 0 Å². The second kappa shape index (κ2) is 35.4. The summed E-state index contributed by atoms with van der Waals surface area (Å²) in [7, 11) is -3.29. The van der Waals surface area contributed by atoms with Gasteiger partial charge >= 0.3 is 10.4 Å².